The number of nitrogens with zero attached hydrogens (tertiary/aromatic N) is 3. The Kier molecular flexibility index (Phi) is 6.26. The van der Waals surface area contributed by atoms with Crippen LogP contribution in [0.15, 0.2) is 71.9 Å². The lowest BCUT2D eigenvalue weighted by Crippen LogP contribution is -2.09. The molecule has 0 N–H and O–H groups in total. The largest absolute Gasteiger partial charge is 0.465 e. The van der Waals surface area contributed by atoms with Crippen molar-refractivity contribution in [3.05, 3.63) is 88.3 Å². The van der Waals surface area contributed by atoms with Crippen molar-refractivity contribution in [1.29, 1.82) is 0 Å². The zero-order chi connectivity index (χ0) is 22.5. The van der Waals surface area contributed by atoms with E-state index in [1.807, 2.05) is 66.1 Å². The summed E-state index contributed by atoms with van der Waals surface area (Å²) in [7, 11) is 1.36. The Morgan fingerprint density at radius 2 is 1.81 bits per heavy atom. The first-order valence-electron chi connectivity index (χ1n) is 10.3. The number of rotatable bonds is 8. The minimum atomic E-state index is -0.421. The molecule has 0 fully saturated rings. The van der Waals surface area contributed by atoms with E-state index < -0.39 is 5.97 Å². The fourth-order valence-electron chi connectivity index (χ4n) is 3.81. The highest BCUT2D eigenvalue weighted by molar-refractivity contribution is 6.02. The first kappa shape index (κ1) is 21.2. The van der Waals surface area contributed by atoms with E-state index in [-0.39, 0.29) is 6.54 Å². The number of carbonyl (C=O) groups excluding carboxylic acids is 1. The van der Waals surface area contributed by atoms with E-state index in [2.05, 4.69) is 10.2 Å². The molecule has 7 nitrogen and oxygen atoms in total. The van der Waals surface area contributed by atoms with Gasteiger partial charge in [0.2, 0.25) is 0 Å². The van der Waals surface area contributed by atoms with Crippen molar-refractivity contribution in [2.45, 2.75) is 20.0 Å². The summed E-state index contributed by atoms with van der Waals surface area (Å²) in [6.07, 6.45) is 0. The van der Waals surface area contributed by atoms with E-state index in [4.69, 9.17) is 9.47 Å². The summed E-state index contributed by atoms with van der Waals surface area (Å²) in [5.41, 5.74) is 5.67. The minimum absolute atomic E-state index is 0.132. The van der Waals surface area contributed by atoms with Crippen LogP contribution in [0.5, 0.6) is 6.01 Å². The molecule has 0 spiro atoms. The molecule has 1 aromatic heterocycles. The summed E-state index contributed by atoms with van der Waals surface area (Å²) in [4.78, 5) is 27.7. The van der Waals surface area contributed by atoms with Crippen LogP contribution >= 0.6 is 0 Å². The number of fused-ring (bicyclic) bond motifs is 1. The molecule has 0 atom stereocenters. The Morgan fingerprint density at radius 3 is 2.53 bits per heavy atom. The maximum atomic E-state index is 12.4. The van der Waals surface area contributed by atoms with Crippen molar-refractivity contribution in [1.82, 2.24) is 9.55 Å². The van der Waals surface area contributed by atoms with Crippen molar-refractivity contribution in [2.75, 3.05) is 13.7 Å². The van der Waals surface area contributed by atoms with E-state index in [1.165, 1.54) is 7.11 Å². The highest BCUT2D eigenvalue weighted by atomic mass is 16.5. The van der Waals surface area contributed by atoms with Gasteiger partial charge in [-0.3, -0.25) is 4.57 Å². The number of hydrogen-bond acceptors (Lipinski definition) is 6. The Balaban J connectivity index is 1.73. The number of benzene rings is 3. The molecule has 0 bridgehead atoms. The van der Waals surface area contributed by atoms with Crippen molar-refractivity contribution in [2.24, 2.45) is 5.18 Å². The van der Waals surface area contributed by atoms with E-state index in [9.17, 15) is 9.70 Å². The van der Waals surface area contributed by atoms with Crippen molar-refractivity contribution in [3.63, 3.8) is 0 Å². The van der Waals surface area contributed by atoms with Gasteiger partial charge in [0.15, 0.2) is 0 Å². The number of esters is 1. The van der Waals surface area contributed by atoms with Gasteiger partial charge in [0.05, 0.1) is 36.9 Å². The molecule has 4 aromatic rings. The molecule has 0 aliphatic carbocycles. The summed E-state index contributed by atoms with van der Waals surface area (Å²) in [5, 5.41) is 3.03. The molecule has 162 valence electrons. The molecule has 0 saturated carbocycles. The predicted molar refractivity (Wildman–Crippen MR) is 123 cm³/mol. The average Bonchev–Trinajstić information content (AvgIpc) is 3.17. The summed E-state index contributed by atoms with van der Waals surface area (Å²) in [5.74, 6) is -0.421. The second-order valence-corrected chi connectivity index (χ2v) is 7.22. The molecule has 7 heteroatoms. The van der Waals surface area contributed by atoms with Gasteiger partial charge in [-0.2, -0.15) is 9.89 Å². The molecule has 4 rings (SSSR count). The summed E-state index contributed by atoms with van der Waals surface area (Å²) in [6.45, 7) is 2.95. The van der Waals surface area contributed by atoms with Crippen LogP contribution in [0.25, 0.3) is 22.2 Å². The zero-order valence-corrected chi connectivity index (χ0v) is 17.9. The second kappa shape index (κ2) is 9.43. The minimum Gasteiger partial charge on any atom is -0.465 e. The van der Waals surface area contributed by atoms with Crippen LogP contribution in [-0.4, -0.2) is 29.2 Å². The predicted octanol–water partition coefficient (Wildman–Crippen LogP) is 5.20. The van der Waals surface area contributed by atoms with Crippen LogP contribution in [0.1, 0.15) is 28.4 Å². The molecule has 0 aliphatic rings. The molecule has 0 unspecified atom stereocenters. The third-order valence-corrected chi connectivity index (χ3v) is 5.27. The number of ether oxygens (including phenoxy) is 2. The lowest BCUT2D eigenvalue weighted by atomic mass is 9.98. The van der Waals surface area contributed by atoms with Crippen molar-refractivity contribution >= 4 is 17.0 Å². The molecular formula is C25H23N3O4. The molecular weight excluding hydrogens is 406 g/mol. The molecule has 32 heavy (non-hydrogen) atoms. The summed E-state index contributed by atoms with van der Waals surface area (Å²) >= 11 is 0. The maximum absolute atomic E-state index is 12.4. The fourth-order valence-corrected chi connectivity index (χ4v) is 3.81. The number of methoxy groups -OCH3 is 1. The van der Waals surface area contributed by atoms with Crippen molar-refractivity contribution < 1.29 is 14.3 Å². The van der Waals surface area contributed by atoms with Crippen LogP contribution < -0.4 is 4.74 Å². The van der Waals surface area contributed by atoms with Gasteiger partial charge >= 0.3 is 5.97 Å². The maximum Gasteiger partial charge on any atom is 0.340 e. The smallest absolute Gasteiger partial charge is 0.340 e. The van der Waals surface area contributed by atoms with Crippen LogP contribution in [0, 0.1) is 4.91 Å². The number of aromatic nitrogens is 2. The van der Waals surface area contributed by atoms with Crippen LogP contribution in [0.2, 0.25) is 0 Å². The first-order valence-corrected chi connectivity index (χ1v) is 10.3. The van der Waals surface area contributed by atoms with E-state index in [0.29, 0.717) is 35.8 Å². The Hall–Kier alpha value is -4.00. The van der Waals surface area contributed by atoms with Gasteiger partial charge in [0, 0.05) is 0 Å². The lowest BCUT2D eigenvalue weighted by molar-refractivity contribution is 0.0602. The third kappa shape index (κ3) is 4.09. The van der Waals surface area contributed by atoms with Crippen LogP contribution in [0.3, 0.4) is 0 Å². The summed E-state index contributed by atoms with van der Waals surface area (Å²) in [6, 6.07) is 21.6. The standard InChI is InChI=1S/C25H23N3O4/c1-3-32-25-27-22-10-6-9-21(24(29)31-2)23(22)28(25)16-17-11-13-18(14-12-17)20-8-5-4-7-19(20)15-26-30/h4-14H,3,15-16H2,1-2H3. The third-order valence-electron chi connectivity index (χ3n) is 5.27. The molecule has 0 radical (unpaired) electrons. The van der Waals surface area contributed by atoms with Gasteiger partial charge in [-0.25, -0.2) is 4.79 Å². The van der Waals surface area contributed by atoms with Crippen LogP contribution in [-0.2, 0) is 17.8 Å². The molecule has 0 amide bonds. The van der Waals surface area contributed by atoms with E-state index in [1.54, 1.807) is 12.1 Å². The first-order chi connectivity index (χ1) is 15.7. The number of imidazole rings is 1. The quantitative estimate of drug-likeness (QED) is 0.284. The second-order valence-electron chi connectivity index (χ2n) is 7.22. The number of carbonyl (C=O) groups is 1. The molecule has 0 saturated heterocycles. The van der Waals surface area contributed by atoms with Gasteiger partial charge in [0.25, 0.3) is 6.01 Å². The normalized spacial score (nSPS) is 10.8. The molecule has 1 heterocycles. The van der Waals surface area contributed by atoms with Gasteiger partial charge in [0.1, 0.15) is 6.54 Å². The number of para-hydroxylation sites is 1. The SMILES string of the molecule is CCOc1nc2cccc(C(=O)OC)c2n1Cc1ccc(-c2ccccc2CN=O)cc1. The van der Waals surface area contributed by atoms with Crippen LogP contribution in [0.4, 0.5) is 0 Å². The van der Waals surface area contributed by atoms with E-state index in [0.717, 1.165) is 22.3 Å². The lowest BCUT2D eigenvalue weighted by Gasteiger charge is -2.12. The number of hydrogen-bond donors (Lipinski definition) is 0. The monoisotopic (exact) mass is 429 g/mol. The fraction of sp³-hybridized carbons (Fsp3) is 0.200. The zero-order valence-electron chi connectivity index (χ0n) is 17.9. The van der Waals surface area contributed by atoms with Gasteiger partial charge < -0.3 is 9.47 Å². The summed E-state index contributed by atoms with van der Waals surface area (Å²) < 4.78 is 12.6. The molecule has 3 aromatic carbocycles. The Morgan fingerprint density at radius 1 is 1.03 bits per heavy atom. The average molecular weight is 429 g/mol. The molecule has 0 aliphatic heterocycles. The highest BCUT2D eigenvalue weighted by Crippen LogP contribution is 2.28. The van der Waals surface area contributed by atoms with Crippen molar-refractivity contribution in [3.8, 4) is 17.1 Å². The van der Waals surface area contributed by atoms with E-state index >= 15 is 0 Å². The highest BCUT2D eigenvalue weighted by Gasteiger charge is 2.19. The number of nitroso groups, excluding NO2 is 1. The topological polar surface area (TPSA) is 82.8 Å². The van der Waals surface area contributed by atoms with Gasteiger partial charge in [-0.05, 0) is 41.3 Å². The Bertz CT molecular complexity index is 1260. The Labute approximate surface area is 185 Å². The van der Waals surface area contributed by atoms with Gasteiger partial charge in [-0.1, -0.05) is 59.8 Å². The van der Waals surface area contributed by atoms with Gasteiger partial charge in [-0.15, -0.1) is 0 Å².